The first-order valence-corrected chi connectivity index (χ1v) is 12.5. The van der Waals surface area contributed by atoms with E-state index in [4.69, 9.17) is 9.47 Å². The lowest BCUT2D eigenvalue weighted by molar-refractivity contribution is -0.389. The molecule has 1 aliphatic carbocycles. The number of benzene rings is 1. The second-order valence-electron chi connectivity index (χ2n) is 9.89. The van der Waals surface area contributed by atoms with Gasteiger partial charge in [-0.2, -0.15) is 0 Å². The van der Waals surface area contributed by atoms with E-state index in [1.165, 1.54) is 30.5 Å². The average molecular weight is 547 g/mol. The van der Waals surface area contributed by atoms with Crippen molar-refractivity contribution < 1.29 is 32.3 Å². The summed E-state index contributed by atoms with van der Waals surface area (Å²) in [5.41, 5.74) is 1.01. The van der Waals surface area contributed by atoms with Crippen molar-refractivity contribution in [2.75, 3.05) is 11.5 Å². The summed E-state index contributed by atoms with van der Waals surface area (Å²) in [6.07, 6.45) is 1.14. The van der Waals surface area contributed by atoms with Crippen molar-refractivity contribution in [2.45, 2.75) is 62.9 Å². The molecule has 0 amide bonds. The van der Waals surface area contributed by atoms with E-state index < -0.39 is 11.3 Å². The Bertz CT molecular complexity index is 1320. The molecule has 11 nitrogen and oxygen atoms in total. The van der Waals surface area contributed by atoms with Crippen molar-refractivity contribution in [1.29, 1.82) is 0 Å². The van der Waals surface area contributed by atoms with Gasteiger partial charge in [0.1, 0.15) is 36.2 Å². The molecule has 1 saturated carbocycles. The molecule has 3 fully saturated rings. The second-order valence-corrected chi connectivity index (χ2v) is 9.89. The second kappa shape index (κ2) is 9.91. The van der Waals surface area contributed by atoms with Gasteiger partial charge in [-0.15, -0.1) is 13.2 Å². The standard InChI is InChI=1S/C25H25F3N6O5/c26-25(27,28)39-20-4-2-19(3-5-20)38-21-8-17-7-18(9-21)33(17)22-6-1-15(11-30-22)10-29-16-12-32-13-23(34(35)36)31-24(32)37-14-16/h1-6,11,13,16-18,21,29H,7-10,12,14H2. The Kier molecular flexibility index (Phi) is 6.41. The highest BCUT2D eigenvalue weighted by Gasteiger charge is 2.46. The smallest absolute Gasteiger partial charge is 0.490 e. The number of nitrogens with one attached hydrogen (secondary N) is 1. The summed E-state index contributed by atoms with van der Waals surface area (Å²) >= 11 is 0. The first kappa shape index (κ1) is 25.2. The maximum absolute atomic E-state index is 12.4. The third-order valence-electron chi connectivity index (χ3n) is 7.17. The van der Waals surface area contributed by atoms with E-state index in [2.05, 4.69) is 24.9 Å². The molecule has 7 rings (SSSR count). The third-order valence-corrected chi connectivity index (χ3v) is 7.17. The van der Waals surface area contributed by atoms with E-state index in [-0.39, 0.29) is 29.7 Å². The van der Waals surface area contributed by atoms with E-state index in [9.17, 15) is 23.3 Å². The van der Waals surface area contributed by atoms with E-state index >= 15 is 0 Å². The maximum Gasteiger partial charge on any atom is 0.573 e. The Morgan fingerprint density at radius 3 is 2.51 bits per heavy atom. The third kappa shape index (κ3) is 5.55. The highest BCUT2D eigenvalue weighted by atomic mass is 19.4. The van der Waals surface area contributed by atoms with Crippen LogP contribution < -0.4 is 24.4 Å². The van der Waals surface area contributed by atoms with Crippen LogP contribution in [0.3, 0.4) is 0 Å². The molecule has 1 aromatic carbocycles. The quantitative estimate of drug-likeness (QED) is 0.332. The van der Waals surface area contributed by atoms with Gasteiger partial charge in [-0.1, -0.05) is 6.07 Å². The number of alkyl halides is 3. The van der Waals surface area contributed by atoms with Gasteiger partial charge < -0.3 is 34.5 Å². The number of hydrogen-bond acceptors (Lipinski definition) is 9. The predicted molar refractivity (Wildman–Crippen MR) is 131 cm³/mol. The lowest BCUT2D eigenvalue weighted by atomic mass is 9.78. The van der Waals surface area contributed by atoms with Crippen LogP contribution in [0.25, 0.3) is 0 Å². The van der Waals surface area contributed by atoms with Crippen LogP contribution in [0.2, 0.25) is 0 Å². The summed E-state index contributed by atoms with van der Waals surface area (Å²) in [5.74, 6) is 0.919. The number of hydrogen-bond donors (Lipinski definition) is 1. The largest absolute Gasteiger partial charge is 0.573 e. The average Bonchev–Trinajstić information content (AvgIpc) is 3.33. The summed E-state index contributed by atoms with van der Waals surface area (Å²) in [6, 6.07) is 10.3. The molecule has 3 aromatic rings. The van der Waals surface area contributed by atoms with Crippen molar-refractivity contribution in [2.24, 2.45) is 0 Å². The summed E-state index contributed by atoms with van der Waals surface area (Å²) in [4.78, 5) is 21.2. The van der Waals surface area contributed by atoms with Crippen LogP contribution in [-0.2, 0) is 13.1 Å². The van der Waals surface area contributed by atoms with Gasteiger partial charge in [-0.3, -0.25) is 4.57 Å². The number of aromatic nitrogens is 3. The van der Waals surface area contributed by atoms with Crippen LogP contribution in [0.1, 0.15) is 24.8 Å². The van der Waals surface area contributed by atoms with Crippen LogP contribution >= 0.6 is 0 Å². The molecule has 4 aliphatic rings. The van der Waals surface area contributed by atoms with Crippen molar-refractivity contribution in [3.63, 3.8) is 0 Å². The molecule has 3 atom stereocenters. The maximum atomic E-state index is 12.4. The number of pyridine rings is 1. The van der Waals surface area contributed by atoms with Gasteiger partial charge in [0.25, 0.3) is 0 Å². The molecular weight excluding hydrogens is 521 g/mol. The Morgan fingerprint density at radius 2 is 1.85 bits per heavy atom. The topological polar surface area (TPSA) is 117 Å². The van der Waals surface area contributed by atoms with Gasteiger partial charge >= 0.3 is 18.2 Å². The number of nitrogens with zero attached hydrogens (tertiary/aromatic N) is 5. The molecule has 3 aliphatic heterocycles. The molecule has 2 bridgehead atoms. The molecule has 3 unspecified atom stereocenters. The summed E-state index contributed by atoms with van der Waals surface area (Å²) in [7, 11) is 0. The van der Waals surface area contributed by atoms with Crippen LogP contribution in [0.5, 0.6) is 17.5 Å². The monoisotopic (exact) mass is 546 g/mol. The van der Waals surface area contributed by atoms with Crippen molar-refractivity contribution in [3.05, 3.63) is 64.5 Å². The Labute approximate surface area is 220 Å². The van der Waals surface area contributed by atoms with Gasteiger partial charge in [-0.25, -0.2) is 4.98 Å². The molecule has 39 heavy (non-hydrogen) atoms. The molecular formula is C25H25F3N6O5. The summed E-state index contributed by atoms with van der Waals surface area (Å²) in [6.45, 7) is 1.46. The molecule has 2 saturated heterocycles. The number of fused-ring (bicyclic) bond motifs is 3. The van der Waals surface area contributed by atoms with E-state index in [1.54, 1.807) is 4.57 Å². The molecule has 0 radical (unpaired) electrons. The SMILES string of the molecule is O=[N+]([O-])c1cn2c(n1)OCC(NCc1ccc(N3C4CC(Oc5ccc(OC(F)(F)F)cc5)CC3C4)nc1)C2. The van der Waals surface area contributed by atoms with Gasteiger partial charge in [0.05, 0.1) is 6.04 Å². The number of nitro groups is 1. The lowest BCUT2D eigenvalue weighted by Gasteiger charge is -2.55. The fourth-order valence-corrected chi connectivity index (χ4v) is 5.45. The Morgan fingerprint density at radius 1 is 1.10 bits per heavy atom. The normalized spacial score (nSPS) is 23.8. The lowest BCUT2D eigenvalue weighted by Crippen LogP contribution is -2.63. The number of halogens is 3. The van der Waals surface area contributed by atoms with Crippen LogP contribution in [-0.4, -0.2) is 56.7 Å². The van der Waals surface area contributed by atoms with Gasteiger partial charge in [0, 0.05) is 49.2 Å². The van der Waals surface area contributed by atoms with Gasteiger partial charge in [0.2, 0.25) is 0 Å². The van der Waals surface area contributed by atoms with Crippen molar-refractivity contribution in [1.82, 2.24) is 19.9 Å². The minimum Gasteiger partial charge on any atom is -0.490 e. The summed E-state index contributed by atoms with van der Waals surface area (Å²) < 4.78 is 54.2. The van der Waals surface area contributed by atoms with Crippen LogP contribution in [0.4, 0.5) is 24.8 Å². The van der Waals surface area contributed by atoms with Crippen molar-refractivity contribution in [3.8, 4) is 17.5 Å². The number of rotatable bonds is 8. The molecule has 14 heteroatoms. The first-order valence-electron chi connectivity index (χ1n) is 12.5. The zero-order chi connectivity index (χ0) is 27.1. The number of anilines is 1. The number of piperidine rings is 1. The zero-order valence-corrected chi connectivity index (χ0v) is 20.6. The highest BCUT2D eigenvalue weighted by Crippen LogP contribution is 2.42. The Hall–Kier alpha value is -4.07. The predicted octanol–water partition coefficient (Wildman–Crippen LogP) is 3.82. The highest BCUT2D eigenvalue weighted by molar-refractivity contribution is 5.47. The summed E-state index contributed by atoms with van der Waals surface area (Å²) in [5, 5.41) is 14.3. The minimum absolute atomic E-state index is 0.0157. The van der Waals surface area contributed by atoms with Crippen molar-refractivity contribution >= 4 is 11.6 Å². The Balaban J connectivity index is 0.983. The van der Waals surface area contributed by atoms with Gasteiger partial charge in [-0.05, 0) is 47.2 Å². The molecule has 2 aromatic heterocycles. The van der Waals surface area contributed by atoms with Crippen LogP contribution in [0, 0.1) is 10.1 Å². The van der Waals surface area contributed by atoms with E-state index in [0.29, 0.717) is 37.5 Å². The first-order chi connectivity index (χ1) is 18.7. The number of imidazole rings is 1. The molecule has 1 N–H and O–H groups in total. The minimum atomic E-state index is -4.72. The van der Waals surface area contributed by atoms with Gasteiger partial charge in [0.15, 0.2) is 0 Å². The zero-order valence-electron chi connectivity index (χ0n) is 20.6. The fourth-order valence-electron chi connectivity index (χ4n) is 5.45. The van der Waals surface area contributed by atoms with E-state index in [0.717, 1.165) is 30.6 Å². The fraction of sp³-hybridized carbons (Fsp3) is 0.440. The van der Waals surface area contributed by atoms with Crippen LogP contribution in [0.15, 0.2) is 48.8 Å². The molecule has 5 heterocycles. The molecule has 0 spiro atoms. The molecule has 206 valence electrons. The number of ether oxygens (including phenoxy) is 3. The van der Waals surface area contributed by atoms with E-state index in [1.807, 2.05) is 18.3 Å².